The Morgan fingerprint density at radius 3 is 2.57 bits per heavy atom. The molecule has 2 heterocycles. The molecule has 1 N–H and O–H groups in total. The van der Waals surface area contributed by atoms with Crippen molar-refractivity contribution >= 4 is 38.9 Å². The maximum absolute atomic E-state index is 12.8. The lowest BCUT2D eigenvalue weighted by atomic mass is 10.3. The summed E-state index contributed by atoms with van der Waals surface area (Å²) in [6.07, 6.45) is 1.64. The molecule has 1 aromatic carbocycles. The van der Waals surface area contributed by atoms with Crippen LogP contribution >= 0.6 is 11.6 Å². The van der Waals surface area contributed by atoms with E-state index in [1.54, 1.807) is 32.2 Å². The van der Waals surface area contributed by atoms with Crippen LogP contribution in [-0.4, -0.2) is 41.1 Å². The van der Waals surface area contributed by atoms with Gasteiger partial charge in [-0.25, -0.2) is 13.4 Å². The van der Waals surface area contributed by atoms with Crippen molar-refractivity contribution in [2.24, 2.45) is 0 Å². The van der Waals surface area contributed by atoms with Crippen LogP contribution in [0.15, 0.2) is 47.5 Å². The van der Waals surface area contributed by atoms with Crippen molar-refractivity contribution in [1.82, 2.24) is 13.7 Å². The van der Waals surface area contributed by atoms with Gasteiger partial charge in [-0.2, -0.15) is 4.31 Å². The first kappa shape index (κ1) is 20.3. The van der Waals surface area contributed by atoms with E-state index >= 15 is 0 Å². The van der Waals surface area contributed by atoms with Crippen molar-refractivity contribution in [3.05, 3.63) is 59.0 Å². The van der Waals surface area contributed by atoms with Crippen molar-refractivity contribution in [2.45, 2.75) is 25.7 Å². The molecule has 0 bridgehead atoms. The number of nitrogens with zero attached hydrogens (tertiary/aromatic N) is 3. The monoisotopic (exact) mass is 420 g/mol. The van der Waals surface area contributed by atoms with Crippen molar-refractivity contribution in [3.63, 3.8) is 0 Å². The molecule has 28 heavy (non-hydrogen) atoms. The Hall–Kier alpha value is -2.42. The van der Waals surface area contributed by atoms with Crippen molar-refractivity contribution < 1.29 is 13.2 Å². The molecule has 9 heteroatoms. The van der Waals surface area contributed by atoms with Gasteiger partial charge in [0, 0.05) is 30.7 Å². The van der Waals surface area contributed by atoms with E-state index in [2.05, 4.69) is 10.3 Å². The van der Waals surface area contributed by atoms with Gasteiger partial charge in [0.2, 0.25) is 10.0 Å². The Bertz CT molecular complexity index is 1140. The van der Waals surface area contributed by atoms with Gasteiger partial charge in [0.1, 0.15) is 16.2 Å². The number of hydrogen-bond acceptors (Lipinski definition) is 4. The first-order chi connectivity index (χ1) is 13.3. The smallest absolute Gasteiger partial charge is 0.275 e. The number of halogens is 1. The third-order valence-electron chi connectivity index (χ3n) is 4.44. The van der Waals surface area contributed by atoms with E-state index in [-0.39, 0.29) is 15.6 Å². The van der Waals surface area contributed by atoms with Crippen molar-refractivity contribution in [3.8, 4) is 0 Å². The molecule has 2 aromatic heterocycles. The summed E-state index contributed by atoms with van der Waals surface area (Å²) < 4.78 is 28.7. The highest BCUT2D eigenvalue weighted by Gasteiger charge is 2.25. The quantitative estimate of drug-likeness (QED) is 0.660. The van der Waals surface area contributed by atoms with Gasteiger partial charge in [-0.15, -0.1) is 0 Å². The molecule has 1 amide bonds. The molecule has 148 valence electrons. The SMILES string of the molecule is CCN(CC)S(=O)(=O)c1cc(NC(=O)c2cn3c(C)cccc3n2)ccc1Cl. The van der Waals surface area contributed by atoms with Crippen LogP contribution in [0, 0.1) is 6.92 Å². The van der Waals surface area contributed by atoms with Crippen LogP contribution in [0.4, 0.5) is 5.69 Å². The molecule has 0 aliphatic carbocycles. The summed E-state index contributed by atoms with van der Waals surface area (Å²) >= 11 is 6.13. The topological polar surface area (TPSA) is 83.8 Å². The minimum atomic E-state index is -3.75. The first-order valence-electron chi connectivity index (χ1n) is 8.83. The fraction of sp³-hybridized carbons (Fsp3) is 0.263. The lowest BCUT2D eigenvalue weighted by molar-refractivity contribution is 0.102. The van der Waals surface area contributed by atoms with Crippen LogP contribution in [0.25, 0.3) is 5.65 Å². The van der Waals surface area contributed by atoms with Crippen LogP contribution in [0.5, 0.6) is 0 Å². The second-order valence-electron chi connectivity index (χ2n) is 6.21. The number of imidazole rings is 1. The Balaban J connectivity index is 1.92. The zero-order chi connectivity index (χ0) is 20.5. The van der Waals surface area contributed by atoms with E-state index < -0.39 is 15.9 Å². The maximum Gasteiger partial charge on any atom is 0.275 e. The van der Waals surface area contributed by atoms with Crippen LogP contribution in [0.1, 0.15) is 30.0 Å². The molecule has 3 aromatic rings. The summed E-state index contributed by atoms with van der Waals surface area (Å²) in [6, 6.07) is 9.97. The first-order valence-corrected chi connectivity index (χ1v) is 10.7. The molecule has 0 atom stereocenters. The average molecular weight is 421 g/mol. The minimum Gasteiger partial charge on any atom is -0.321 e. The summed E-state index contributed by atoms with van der Waals surface area (Å²) in [5.41, 5.74) is 2.17. The Kier molecular flexibility index (Phi) is 5.74. The number of amides is 1. The van der Waals surface area contributed by atoms with Crippen LogP contribution in [0.2, 0.25) is 5.02 Å². The number of benzene rings is 1. The van der Waals surface area contributed by atoms with Gasteiger partial charge >= 0.3 is 0 Å². The van der Waals surface area contributed by atoms with E-state index in [4.69, 9.17) is 11.6 Å². The molecule has 0 aliphatic rings. The van der Waals surface area contributed by atoms with Gasteiger partial charge in [0.05, 0.1) is 5.02 Å². The predicted octanol–water partition coefficient (Wildman–Crippen LogP) is 3.58. The molecule has 0 unspecified atom stereocenters. The molecular weight excluding hydrogens is 400 g/mol. The number of aromatic nitrogens is 2. The Morgan fingerprint density at radius 1 is 1.21 bits per heavy atom. The van der Waals surface area contributed by atoms with Gasteiger partial charge in [-0.05, 0) is 37.3 Å². The molecule has 0 saturated heterocycles. The van der Waals surface area contributed by atoms with Gasteiger partial charge < -0.3 is 9.72 Å². The molecule has 0 saturated carbocycles. The van der Waals surface area contributed by atoms with Gasteiger partial charge in [-0.3, -0.25) is 4.79 Å². The fourth-order valence-corrected chi connectivity index (χ4v) is 4.89. The third-order valence-corrected chi connectivity index (χ3v) is 6.97. The number of fused-ring (bicyclic) bond motifs is 1. The fourth-order valence-electron chi connectivity index (χ4n) is 2.93. The number of carbonyl (C=O) groups is 1. The Morgan fingerprint density at radius 2 is 1.93 bits per heavy atom. The van der Waals surface area contributed by atoms with E-state index in [1.165, 1.54) is 16.4 Å². The highest BCUT2D eigenvalue weighted by molar-refractivity contribution is 7.89. The normalized spacial score (nSPS) is 11.9. The van der Waals surface area contributed by atoms with Gasteiger partial charge in [0.25, 0.3) is 5.91 Å². The number of carbonyl (C=O) groups excluding carboxylic acids is 1. The summed E-state index contributed by atoms with van der Waals surface area (Å²) in [7, 11) is -3.75. The second-order valence-corrected chi connectivity index (χ2v) is 8.52. The second kappa shape index (κ2) is 7.90. The van der Waals surface area contributed by atoms with Crippen molar-refractivity contribution in [2.75, 3.05) is 18.4 Å². The highest BCUT2D eigenvalue weighted by Crippen LogP contribution is 2.28. The van der Waals surface area contributed by atoms with Gasteiger partial charge in [-0.1, -0.05) is 31.5 Å². The molecular formula is C19H21ClN4O3S. The largest absolute Gasteiger partial charge is 0.321 e. The van der Waals surface area contributed by atoms with E-state index in [1.807, 2.05) is 23.5 Å². The summed E-state index contributed by atoms with van der Waals surface area (Å²) in [6.45, 7) is 6.08. The van der Waals surface area contributed by atoms with Crippen LogP contribution < -0.4 is 5.32 Å². The molecule has 7 nitrogen and oxygen atoms in total. The molecule has 0 spiro atoms. The third kappa shape index (κ3) is 3.76. The average Bonchev–Trinajstić information content (AvgIpc) is 3.10. The number of aryl methyl sites for hydroxylation is 1. The lowest BCUT2D eigenvalue weighted by Gasteiger charge is -2.19. The van der Waals surface area contributed by atoms with Gasteiger partial charge in [0.15, 0.2) is 0 Å². The zero-order valence-corrected chi connectivity index (χ0v) is 17.4. The number of rotatable bonds is 6. The number of pyridine rings is 1. The highest BCUT2D eigenvalue weighted by atomic mass is 35.5. The molecule has 0 fully saturated rings. The maximum atomic E-state index is 12.8. The van der Waals surface area contributed by atoms with E-state index in [9.17, 15) is 13.2 Å². The molecule has 3 rings (SSSR count). The van der Waals surface area contributed by atoms with E-state index in [0.717, 1.165) is 5.69 Å². The number of nitrogens with one attached hydrogen (secondary N) is 1. The minimum absolute atomic E-state index is 0.0403. The molecule has 0 aliphatic heterocycles. The Labute approximate surface area is 169 Å². The van der Waals surface area contributed by atoms with Crippen LogP contribution in [-0.2, 0) is 10.0 Å². The summed E-state index contributed by atoms with van der Waals surface area (Å²) in [4.78, 5) is 16.9. The summed E-state index contributed by atoms with van der Waals surface area (Å²) in [5, 5.41) is 2.80. The van der Waals surface area contributed by atoms with Crippen LogP contribution in [0.3, 0.4) is 0 Å². The lowest BCUT2D eigenvalue weighted by Crippen LogP contribution is -2.30. The number of anilines is 1. The molecule has 0 radical (unpaired) electrons. The zero-order valence-electron chi connectivity index (χ0n) is 15.8. The standard InChI is InChI=1S/C19H21ClN4O3S/c1-4-23(5-2)28(26,27)17-11-14(9-10-15(17)20)21-19(25)16-12-24-13(3)7-6-8-18(24)22-16/h6-12H,4-5H2,1-3H3,(H,21,25). The number of hydrogen-bond donors (Lipinski definition) is 1. The van der Waals surface area contributed by atoms with E-state index in [0.29, 0.717) is 24.4 Å². The number of sulfonamides is 1. The van der Waals surface area contributed by atoms with Crippen molar-refractivity contribution in [1.29, 1.82) is 0 Å². The summed E-state index contributed by atoms with van der Waals surface area (Å²) in [5.74, 6) is -0.434. The predicted molar refractivity (Wildman–Crippen MR) is 109 cm³/mol.